The second kappa shape index (κ2) is 9.99. The summed E-state index contributed by atoms with van der Waals surface area (Å²) in [6, 6.07) is 8.06. The molecule has 31 heavy (non-hydrogen) atoms. The Labute approximate surface area is 185 Å². The highest BCUT2D eigenvalue weighted by molar-refractivity contribution is 5.84. The smallest absolute Gasteiger partial charge is 0.241 e. The van der Waals surface area contributed by atoms with Crippen LogP contribution in [-0.4, -0.2) is 76.1 Å². The summed E-state index contributed by atoms with van der Waals surface area (Å²) in [5.74, 6) is -0.00855. The zero-order valence-corrected chi connectivity index (χ0v) is 18.7. The number of hydrogen-bond acceptors (Lipinski definition) is 7. The first-order valence-electron chi connectivity index (χ1n) is 11.3. The van der Waals surface area contributed by atoms with Crippen LogP contribution in [0.2, 0.25) is 0 Å². The molecule has 0 aromatic heterocycles. The zero-order valence-electron chi connectivity index (χ0n) is 18.7. The van der Waals surface area contributed by atoms with Crippen molar-refractivity contribution < 1.29 is 14.4 Å². The number of piperidine rings is 2. The maximum atomic E-state index is 12.2. The summed E-state index contributed by atoms with van der Waals surface area (Å²) in [6.45, 7) is 8.09. The first-order chi connectivity index (χ1) is 15.0. The van der Waals surface area contributed by atoms with Gasteiger partial charge in [-0.25, -0.2) is 0 Å². The van der Waals surface area contributed by atoms with Gasteiger partial charge >= 0.3 is 0 Å². The van der Waals surface area contributed by atoms with Gasteiger partial charge in [0.2, 0.25) is 5.91 Å². The molecule has 1 unspecified atom stereocenters. The molecule has 2 N–H and O–H groups in total. The molecule has 0 saturated carbocycles. The first-order valence-corrected chi connectivity index (χ1v) is 11.3. The maximum absolute atomic E-state index is 12.2. The predicted molar refractivity (Wildman–Crippen MR) is 122 cm³/mol. The summed E-state index contributed by atoms with van der Waals surface area (Å²) in [7, 11) is 3.83. The maximum Gasteiger partial charge on any atom is 0.241 e. The third-order valence-corrected chi connectivity index (χ3v) is 6.39. The minimum Gasteiger partial charge on any atom is -0.371 e. The number of nitrogens with one attached hydrogen (secondary N) is 2. The van der Waals surface area contributed by atoms with Crippen LogP contribution >= 0.6 is 0 Å². The van der Waals surface area contributed by atoms with Gasteiger partial charge in [-0.3, -0.25) is 19.6 Å². The average Bonchev–Trinajstić information content (AvgIpc) is 2.75. The molecular weight excluding hydrogens is 394 g/mol. The molecule has 3 aliphatic heterocycles. The molecule has 0 aliphatic carbocycles. The number of benzene rings is 1. The van der Waals surface area contributed by atoms with Gasteiger partial charge in [0.05, 0.1) is 29.6 Å². The number of carbonyl (C=O) groups is 1. The van der Waals surface area contributed by atoms with Crippen molar-refractivity contribution >= 4 is 17.3 Å². The average molecular weight is 430 g/mol. The lowest BCUT2D eigenvalue weighted by Crippen LogP contribution is -2.54. The molecule has 0 radical (unpaired) electrons. The Kier molecular flexibility index (Phi) is 7.12. The van der Waals surface area contributed by atoms with Crippen LogP contribution < -0.4 is 20.6 Å². The van der Waals surface area contributed by atoms with Gasteiger partial charge in [-0.2, -0.15) is 0 Å². The van der Waals surface area contributed by atoms with Crippen LogP contribution in [0.15, 0.2) is 36.5 Å². The number of hydrogen-bond donors (Lipinski definition) is 2. The fraction of sp³-hybridized carbons (Fsp3) is 0.609. The molecule has 1 aromatic carbocycles. The monoisotopic (exact) mass is 429 g/mol. The summed E-state index contributed by atoms with van der Waals surface area (Å²) >= 11 is 0. The molecule has 4 rings (SSSR count). The highest BCUT2D eigenvalue weighted by Gasteiger charge is 2.32. The lowest BCUT2D eigenvalue weighted by Gasteiger charge is -2.44. The SMILES string of the molecule is C=C1CCC(N(C)CON(C)c2ccccc2N2CC(OC3CCNCC3)C2)C(=O)N1. The normalized spacial score (nSPS) is 23.1. The number of allylic oxidation sites excluding steroid dienone is 1. The molecule has 1 aromatic rings. The number of amides is 1. The first kappa shape index (κ1) is 22.1. The molecule has 1 atom stereocenters. The van der Waals surface area contributed by atoms with Crippen LogP contribution in [0, 0.1) is 0 Å². The molecule has 8 nitrogen and oxygen atoms in total. The highest BCUT2D eigenvalue weighted by atomic mass is 16.7. The largest absolute Gasteiger partial charge is 0.371 e. The van der Waals surface area contributed by atoms with E-state index in [0.717, 1.165) is 68.9 Å². The Morgan fingerprint density at radius 3 is 2.61 bits per heavy atom. The lowest BCUT2D eigenvalue weighted by molar-refractivity contribution is -0.129. The van der Waals surface area contributed by atoms with E-state index < -0.39 is 0 Å². The lowest BCUT2D eigenvalue weighted by atomic mass is 10.0. The molecule has 1 amide bonds. The second-order valence-corrected chi connectivity index (χ2v) is 8.76. The Bertz CT molecular complexity index is 776. The summed E-state index contributed by atoms with van der Waals surface area (Å²) < 4.78 is 6.27. The number of ether oxygens (including phenoxy) is 1. The van der Waals surface area contributed by atoms with E-state index in [1.165, 1.54) is 0 Å². The molecule has 0 spiro atoms. The second-order valence-electron chi connectivity index (χ2n) is 8.76. The number of rotatable bonds is 8. The van der Waals surface area contributed by atoms with Crippen molar-refractivity contribution in [2.75, 3.05) is 57.0 Å². The van der Waals surface area contributed by atoms with E-state index in [9.17, 15) is 4.79 Å². The van der Waals surface area contributed by atoms with E-state index in [2.05, 4.69) is 40.3 Å². The number of carbonyl (C=O) groups excluding carboxylic acids is 1. The number of likely N-dealkylation sites (N-methyl/N-ethyl adjacent to an activating group) is 1. The van der Waals surface area contributed by atoms with Crippen LogP contribution in [-0.2, 0) is 14.4 Å². The molecule has 3 saturated heterocycles. The van der Waals surface area contributed by atoms with Crippen molar-refractivity contribution in [3.05, 3.63) is 36.5 Å². The molecular formula is C23H35N5O3. The number of para-hydroxylation sites is 2. The van der Waals surface area contributed by atoms with Crippen molar-refractivity contribution in [3.8, 4) is 0 Å². The standard InChI is InChI=1S/C23H35N5O3/c1-17-8-9-22(23(29)25-17)26(2)16-30-27(3)20-6-4-5-7-21(20)28-14-19(15-28)31-18-10-12-24-13-11-18/h4-7,18-19,22,24H,1,8-16H2,2-3H3,(H,25,29). The van der Waals surface area contributed by atoms with Gasteiger partial charge in [-0.15, -0.1) is 0 Å². The van der Waals surface area contributed by atoms with E-state index in [0.29, 0.717) is 18.9 Å². The van der Waals surface area contributed by atoms with Crippen LogP contribution in [0.3, 0.4) is 0 Å². The van der Waals surface area contributed by atoms with Gasteiger partial charge in [-0.05, 0) is 58.0 Å². The van der Waals surface area contributed by atoms with E-state index in [4.69, 9.17) is 9.57 Å². The van der Waals surface area contributed by atoms with E-state index in [-0.39, 0.29) is 11.9 Å². The van der Waals surface area contributed by atoms with Crippen molar-refractivity contribution in [1.82, 2.24) is 15.5 Å². The molecule has 8 heteroatoms. The minimum absolute atomic E-state index is 0.00855. The van der Waals surface area contributed by atoms with Crippen LogP contribution in [0.25, 0.3) is 0 Å². The van der Waals surface area contributed by atoms with Crippen molar-refractivity contribution in [2.24, 2.45) is 0 Å². The topological polar surface area (TPSA) is 69.3 Å². The Morgan fingerprint density at radius 2 is 1.87 bits per heavy atom. The van der Waals surface area contributed by atoms with Crippen LogP contribution in [0.5, 0.6) is 0 Å². The van der Waals surface area contributed by atoms with Crippen LogP contribution in [0.4, 0.5) is 11.4 Å². The van der Waals surface area contributed by atoms with E-state index >= 15 is 0 Å². The van der Waals surface area contributed by atoms with Gasteiger partial charge in [0.1, 0.15) is 6.73 Å². The van der Waals surface area contributed by atoms with Gasteiger partial charge in [0, 0.05) is 25.8 Å². The Hall–Kier alpha value is -2.13. The summed E-state index contributed by atoms with van der Waals surface area (Å²) in [4.78, 5) is 22.5. The van der Waals surface area contributed by atoms with Crippen molar-refractivity contribution in [3.63, 3.8) is 0 Å². The minimum atomic E-state index is -0.197. The van der Waals surface area contributed by atoms with Crippen molar-refractivity contribution in [1.29, 1.82) is 0 Å². The Balaban J connectivity index is 1.29. The number of anilines is 2. The zero-order chi connectivity index (χ0) is 21.8. The quantitative estimate of drug-likeness (QED) is 0.481. The van der Waals surface area contributed by atoms with Crippen molar-refractivity contribution in [2.45, 2.75) is 43.9 Å². The molecule has 170 valence electrons. The molecule has 3 heterocycles. The van der Waals surface area contributed by atoms with E-state index in [1.807, 2.05) is 25.1 Å². The molecule has 0 bridgehead atoms. The molecule has 3 fully saturated rings. The Morgan fingerprint density at radius 1 is 1.13 bits per heavy atom. The van der Waals surface area contributed by atoms with Gasteiger partial charge < -0.3 is 20.3 Å². The predicted octanol–water partition coefficient (Wildman–Crippen LogP) is 1.69. The summed E-state index contributed by atoms with van der Waals surface area (Å²) in [6.07, 6.45) is 4.45. The van der Waals surface area contributed by atoms with E-state index in [1.54, 1.807) is 5.06 Å². The van der Waals surface area contributed by atoms with Gasteiger partial charge in [-0.1, -0.05) is 18.7 Å². The van der Waals surface area contributed by atoms with Gasteiger partial charge in [0.25, 0.3) is 0 Å². The number of hydroxylamine groups is 1. The highest BCUT2D eigenvalue weighted by Crippen LogP contribution is 2.33. The third kappa shape index (κ3) is 5.38. The number of nitrogens with zero attached hydrogens (tertiary/aromatic N) is 3. The third-order valence-electron chi connectivity index (χ3n) is 6.39. The fourth-order valence-corrected chi connectivity index (χ4v) is 4.44. The summed E-state index contributed by atoms with van der Waals surface area (Å²) in [5.41, 5.74) is 2.95. The van der Waals surface area contributed by atoms with Gasteiger partial charge in [0.15, 0.2) is 0 Å². The fourth-order valence-electron chi connectivity index (χ4n) is 4.44. The molecule has 3 aliphatic rings. The van der Waals surface area contributed by atoms with Crippen LogP contribution in [0.1, 0.15) is 25.7 Å². The summed E-state index contributed by atoms with van der Waals surface area (Å²) in [5, 5.41) is 8.02.